The Hall–Kier alpha value is -2.91. The van der Waals surface area contributed by atoms with Crippen molar-refractivity contribution in [1.29, 1.82) is 0 Å². The Morgan fingerprint density at radius 2 is 2.03 bits per heavy atom. The zero-order chi connectivity index (χ0) is 20.8. The second-order valence-electron chi connectivity index (χ2n) is 6.80. The molecule has 0 bridgehead atoms. The molecule has 4 rings (SSSR count). The van der Waals surface area contributed by atoms with Gasteiger partial charge in [0.1, 0.15) is 5.75 Å². The molecule has 1 fully saturated rings. The summed E-state index contributed by atoms with van der Waals surface area (Å²) in [5.74, 6) is 1.65. The largest absolute Gasteiger partial charge is 0.497 e. The van der Waals surface area contributed by atoms with Crippen molar-refractivity contribution in [2.45, 2.75) is 24.1 Å². The molecule has 1 amide bonds. The summed E-state index contributed by atoms with van der Waals surface area (Å²) in [5, 5.41) is 12.3. The molecular weight excluding hydrogens is 402 g/mol. The molecule has 1 unspecified atom stereocenters. The first-order chi connectivity index (χ1) is 14.7. The number of nitrogens with one attached hydrogen (secondary N) is 1. The van der Waals surface area contributed by atoms with Crippen LogP contribution < -0.4 is 10.1 Å². The molecule has 1 N–H and O–H groups in total. The third-order valence-electron chi connectivity index (χ3n) is 4.79. The fourth-order valence-corrected chi connectivity index (χ4v) is 4.01. The van der Waals surface area contributed by atoms with Crippen molar-refractivity contribution in [1.82, 2.24) is 25.1 Å². The van der Waals surface area contributed by atoms with E-state index < -0.39 is 0 Å². The van der Waals surface area contributed by atoms with E-state index in [1.165, 1.54) is 11.8 Å². The molecular formula is C21H23N5O3S. The van der Waals surface area contributed by atoms with Gasteiger partial charge in [0.25, 0.3) is 0 Å². The molecule has 3 aromatic rings. The summed E-state index contributed by atoms with van der Waals surface area (Å²) in [6.45, 7) is 1.32. The predicted molar refractivity (Wildman–Crippen MR) is 114 cm³/mol. The maximum absolute atomic E-state index is 12.3. The molecule has 0 spiro atoms. The summed E-state index contributed by atoms with van der Waals surface area (Å²) in [5.41, 5.74) is 1.78. The molecule has 0 aliphatic carbocycles. The Balaban J connectivity index is 1.53. The number of amides is 1. The van der Waals surface area contributed by atoms with Crippen LogP contribution in [0.25, 0.3) is 17.1 Å². The summed E-state index contributed by atoms with van der Waals surface area (Å²) in [7, 11) is 1.63. The SMILES string of the molecule is COc1ccc(-n2c(SCC(=O)NCC3CCCO3)nnc2-c2ccncc2)cc1. The van der Waals surface area contributed by atoms with Crippen molar-refractivity contribution in [3.05, 3.63) is 48.8 Å². The van der Waals surface area contributed by atoms with E-state index in [9.17, 15) is 4.79 Å². The summed E-state index contributed by atoms with van der Waals surface area (Å²) in [6, 6.07) is 11.4. The minimum Gasteiger partial charge on any atom is -0.497 e. The third kappa shape index (κ3) is 4.80. The van der Waals surface area contributed by atoms with Gasteiger partial charge >= 0.3 is 0 Å². The lowest BCUT2D eigenvalue weighted by Crippen LogP contribution is -2.32. The molecule has 156 valence electrons. The van der Waals surface area contributed by atoms with Crippen LogP contribution in [-0.4, -0.2) is 57.8 Å². The monoisotopic (exact) mass is 425 g/mol. The van der Waals surface area contributed by atoms with E-state index in [4.69, 9.17) is 9.47 Å². The van der Waals surface area contributed by atoms with E-state index in [1.807, 2.05) is 41.0 Å². The first kappa shape index (κ1) is 20.4. The van der Waals surface area contributed by atoms with Crippen molar-refractivity contribution >= 4 is 17.7 Å². The minimum atomic E-state index is -0.0507. The third-order valence-corrected chi connectivity index (χ3v) is 5.71. The zero-order valence-electron chi connectivity index (χ0n) is 16.7. The highest BCUT2D eigenvalue weighted by Crippen LogP contribution is 2.28. The van der Waals surface area contributed by atoms with Crippen molar-refractivity contribution in [2.75, 3.05) is 26.0 Å². The van der Waals surface area contributed by atoms with E-state index in [2.05, 4.69) is 20.5 Å². The van der Waals surface area contributed by atoms with Gasteiger partial charge in [-0.15, -0.1) is 10.2 Å². The number of carbonyl (C=O) groups is 1. The topological polar surface area (TPSA) is 91.2 Å². The second-order valence-corrected chi connectivity index (χ2v) is 7.75. The highest BCUT2D eigenvalue weighted by molar-refractivity contribution is 7.99. The van der Waals surface area contributed by atoms with Crippen LogP contribution in [0.4, 0.5) is 0 Å². The van der Waals surface area contributed by atoms with Gasteiger partial charge in [0.2, 0.25) is 5.91 Å². The Bertz CT molecular complexity index is 972. The standard InChI is InChI=1S/C21H23N5O3S/c1-28-17-6-4-16(5-7-17)26-20(15-8-10-22-11-9-15)24-25-21(26)30-14-19(27)23-13-18-3-2-12-29-18/h4-11,18H,2-3,12-14H2,1H3,(H,23,27). The Kier molecular flexibility index (Phi) is 6.60. The molecule has 9 heteroatoms. The highest BCUT2D eigenvalue weighted by atomic mass is 32.2. The van der Waals surface area contributed by atoms with Crippen LogP contribution >= 0.6 is 11.8 Å². The number of pyridine rings is 1. The number of hydrogen-bond donors (Lipinski definition) is 1. The molecule has 3 heterocycles. The van der Waals surface area contributed by atoms with Crippen LogP contribution in [0.15, 0.2) is 53.9 Å². The molecule has 30 heavy (non-hydrogen) atoms. The smallest absolute Gasteiger partial charge is 0.230 e. The zero-order valence-corrected chi connectivity index (χ0v) is 17.5. The van der Waals surface area contributed by atoms with Gasteiger partial charge in [0.05, 0.1) is 19.0 Å². The number of hydrogen-bond acceptors (Lipinski definition) is 7. The van der Waals surface area contributed by atoms with Crippen LogP contribution in [0.1, 0.15) is 12.8 Å². The van der Waals surface area contributed by atoms with Crippen LogP contribution in [0.2, 0.25) is 0 Å². The number of nitrogens with zero attached hydrogens (tertiary/aromatic N) is 4. The second kappa shape index (κ2) is 9.73. The summed E-state index contributed by atoms with van der Waals surface area (Å²) in [6.07, 6.45) is 5.61. The summed E-state index contributed by atoms with van der Waals surface area (Å²) in [4.78, 5) is 16.4. The van der Waals surface area contributed by atoms with E-state index in [0.717, 1.165) is 36.4 Å². The maximum Gasteiger partial charge on any atom is 0.230 e. The fourth-order valence-electron chi connectivity index (χ4n) is 3.23. The van der Waals surface area contributed by atoms with Gasteiger partial charge in [0, 0.05) is 36.8 Å². The Morgan fingerprint density at radius 1 is 1.23 bits per heavy atom. The van der Waals surface area contributed by atoms with Crippen molar-refractivity contribution in [3.63, 3.8) is 0 Å². The highest BCUT2D eigenvalue weighted by Gasteiger charge is 2.19. The lowest BCUT2D eigenvalue weighted by Gasteiger charge is -2.12. The minimum absolute atomic E-state index is 0.0507. The van der Waals surface area contributed by atoms with Gasteiger partial charge in [-0.1, -0.05) is 11.8 Å². The molecule has 2 aromatic heterocycles. The summed E-state index contributed by atoms with van der Waals surface area (Å²) < 4.78 is 12.8. The molecule has 1 aliphatic rings. The number of ether oxygens (including phenoxy) is 2. The molecule has 1 atom stereocenters. The number of rotatable bonds is 8. The molecule has 1 aliphatic heterocycles. The van der Waals surface area contributed by atoms with Crippen LogP contribution in [0, 0.1) is 0 Å². The van der Waals surface area contributed by atoms with Gasteiger partial charge in [-0.25, -0.2) is 0 Å². The van der Waals surface area contributed by atoms with Crippen molar-refractivity contribution in [3.8, 4) is 22.8 Å². The first-order valence-electron chi connectivity index (χ1n) is 9.76. The van der Waals surface area contributed by atoms with Gasteiger partial charge in [0.15, 0.2) is 11.0 Å². The number of methoxy groups -OCH3 is 1. The molecule has 1 saturated heterocycles. The predicted octanol–water partition coefficient (Wildman–Crippen LogP) is 2.73. The van der Waals surface area contributed by atoms with Crippen molar-refractivity contribution in [2.24, 2.45) is 0 Å². The average Bonchev–Trinajstić information content (AvgIpc) is 3.47. The number of aromatic nitrogens is 4. The molecule has 0 radical (unpaired) electrons. The number of thioether (sulfide) groups is 1. The number of benzene rings is 1. The maximum atomic E-state index is 12.3. The molecule has 1 aromatic carbocycles. The van der Waals surface area contributed by atoms with Gasteiger partial charge < -0.3 is 14.8 Å². The average molecular weight is 426 g/mol. The fraction of sp³-hybridized carbons (Fsp3) is 0.333. The van der Waals surface area contributed by atoms with E-state index >= 15 is 0 Å². The molecule has 0 saturated carbocycles. The van der Waals surface area contributed by atoms with Crippen molar-refractivity contribution < 1.29 is 14.3 Å². The van der Waals surface area contributed by atoms with Gasteiger partial charge in [-0.05, 0) is 49.2 Å². The summed E-state index contributed by atoms with van der Waals surface area (Å²) >= 11 is 1.35. The normalized spacial score (nSPS) is 15.8. The first-order valence-corrected chi connectivity index (χ1v) is 10.7. The van der Waals surface area contributed by atoms with E-state index in [0.29, 0.717) is 17.5 Å². The molecule has 8 nitrogen and oxygen atoms in total. The van der Waals surface area contributed by atoms with Crippen LogP contribution in [-0.2, 0) is 9.53 Å². The van der Waals surface area contributed by atoms with Crippen LogP contribution in [0.3, 0.4) is 0 Å². The lowest BCUT2D eigenvalue weighted by atomic mass is 10.2. The lowest BCUT2D eigenvalue weighted by molar-refractivity contribution is -0.119. The number of carbonyl (C=O) groups excluding carboxylic acids is 1. The van der Waals surface area contributed by atoms with Gasteiger partial charge in [-0.2, -0.15) is 0 Å². The van der Waals surface area contributed by atoms with Gasteiger partial charge in [-0.3, -0.25) is 14.3 Å². The Morgan fingerprint density at radius 3 is 2.73 bits per heavy atom. The van der Waals surface area contributed by atoms with Crippen LogP contribution in [0.5, 0.6) is 5.75 Å². The quantitative estimate of drug-likeness (QED) is 0.555. The van der Waals surface area contributed by atoms with E-state index in [-0.39, 0.29) is 17.8 Å². The Labute approximate surface area is 179 Å². The van der Waals surface area contributed by atoms with E-state index in [1.54, 1.807) is 19.5 Å².